The van der Waals surface area contributed by atoms with Crippen molar-refractivity contribution in [3.63, 3.8) is 0 Å². The van der Waals surface area contributed by atoms with E-state index in [2.05, 4.69) is 23.1 Å². The highest BCUT2D eigenvalue weighted by molar-refractivity contribution is 5.59. The summed E-state index contributed by atoms with van der Waals surface area (Å²) in [5.74, 6) is -1.20. The number of nitrogens with zero attached hydrogens (tertiary/aromatic N) is 4. The van der Waals surface area contributed by atoms with E-state index in [1.54, 1.807) is 12.1 Å². The normalized spacial score (nSPS) is 24.7. The Morgan fingerprint density at radius 3 is 2.42 bits per heavy atom. The van der Waals surface area contributed by atoms with Crippen LogP contribution in [0.5, 0.6) is 0 Å². The lowest BCUT2D eigenvalue weighted by Crippen LogP contribution is -2.48. The van der Waals surface area contributed by atoms with E-state index in [0.29, 0.717) is 18.7 Å². The summed E-state index contributed by atoms with van der Waals surface area (Å²) >= 11 is 0. The van der Waals surface area contributed by atoms with E-state index in [9.17, 15) is 20.2 Å². The van der Waals surface area contributed by atoms with Gasteiger partial charge in [0.05, 0.1) is 23.4 Å². The summed E-state index contributed by atoms with van der Waals surface area (Å²) in [4.78, 5) is 2.18. The zero-order chi connectivity index (χ0) is 18.9. The standard InChI is InChI=1S/C20H18FN5/c1-2-26-8-7-15-16(9-22)19(25)20(11-23,12-24)18(17(15)10-26)13-3-5-14(21)6-4-13/h3-7,17-18H,2,8,10,25H2,1H3/t17-,18-/m1/s1. The number of rotatable bonds is 2. The first kappa shape index (κ1) is 17.7. The van der Waals surface area contributed by atoms with Crippen molar-refractivity contribution in [1.82, 2.24) is 4.90 Å². The SMILES string of the molecule is CCN1CC=C2C(C#N)=C(N)C(C#N)(C#N)[C@H](c3ccc(F)cc3)[C@@H]2C1. The Kier molecular flexibility index (Phi) is 4.51. The van der Waals surface area contributed by atoms with Gasteiger partial charge < -0.3 is 5.73 Å². The average Bonchev–Trinajstić information content (AvgIpc) is 2.68. The highest BCUT2D eigenvalue weighted by atomic mass is 19.1. The molecule has 0 saturated carbocycles. The van der Waals surface area contributed by atoms with Crippen molar-refractivity contribution in [2.45, 2.75) is 12.8 Å². The van der Waals surface area contributed by atoms with Crippen LogP contribution in [0, 0.1) is 51.1 Å². The molecule has 130 valence electrons. The van der Waals surface area contributed by atoms with Gasteiger partial charge >= 0.3 is 0 Å². The second kappa shape index (κ2) is 6.64. The van der Waals surface area contributed by atoms with Crippen LogP contribution in [0.2, 0.25) is 0 Å². The molecular weight excluding hydrogens is 329 g/mol. The van der Waals surface area contributed by atoms with Crippen LogP contribution in [0.15, 0.2) is 47.2 Å². The molecule has 1 aliphatic carbocycles. The van der Waals surface area contributed by atoms with Gasteiger partial charge in [-0.3, -0.25) is 4.90 Å². The quantitative estimate of drug-likeness (QED) is 0.886. The second-order valence-electron chi connectivity index (χ2n) is 6.58. The molecule has 0 bridgehead atoms. The minimum atomic E-state index is -1.67. The van der Waals surface area contributed by atoms with E-state index >= 15 is 0 Å². The predicted molar refractivity (Wildman–Crippen MR) is 93.3 cm³/mol. The van der Waals surface area contributed by atoms with Crippen LogP contribution < -0.4 is 5.73 Å². The highest BCUT2D eigenvalue weighted by Crippen LogP contribution is 2.54. The molecule has 2 aliphatic rings. The Balaban J connectivity index is 2.30. The van der Waals surface area contributed by atoms with Crippen molar-refractivity contribution in [2.24, 2.45) is 17.1 Å². The predicted octanol–water partition coefficient (Wildman–Crippen LogP) is 2.57. The lowest BCUT2D eigenvalue weighted by molar-refractivity contribution is 0.214. The number of allylic oxidation sites excluding steroid dienone is 2. The van der Waals surface area contributed by atoms with Crippen LogP contribution in [0.3, 0.4) is 0 Å². The summed E-state index contributed by atoms with van der Waals surface area (Å²) in [5.41, 5.74) is 6.21. The summed E-state index contributed by atoms with van der Waals surface area (Å²) in [5, 5.41) is 29.5. The fourth-order valence-electron chi connectivity index (χ4n) is 4.04. The molecule has 1 aromatic carbocycles. The third-order valence-electron chi connectivity index (χ3n) is 5.42. The van der Waals surface area contributed by atoms with Crippen LogP contribution in [0.25, 0.3) is 0 Å². The number of fused-ring (bicyclic) bond motifs is 1. The number of hydrogen-bond donors (Lipinski definition) is 1. The van der Waals surface area contributed by atoms with Gasteiger partial charge in [0.25, 0.3) is 0 Å². The molecule has 26 heavy (non-hydrogen) atoms. The van der Waals surface area contributed by atoms with Crippen molar-refractivity contribution < 1.29 is 4.39 Å². The van der Waals surface area contributed by atoms with Crippen molar-refractivity contribution in [2.75, 3.05) is 19.6 Å². The lowest BCUT2D eigenvalue weighted by Gasteiger charge is -2.45. The maximum Gasteiger partial charge on any atom is 0.191 e. The molecule has 3 rings (SSSR count). The van der Waals surface area contributed by atoms with Gasteiger partial charge in [0, 0.05) is 24.9 Å². The highest BCUT2D eigenvalue weighted by Gasteiger charge is 2.54. The Labute approximate surface area is 152 Å². The fourth-order valence-corrected chi connectivity index (χ4v) is 4.04. The Hall–Kier alpha value is -3.14. The molecular formula is C20H18FN5. The molecule has 1 aromatic rings. The third kappa shape index (κ3) is 2.46. The Bertz CT molecular complexity index is 893. The van der Waals surface area contributed by atoms with Crippen molar-refractivity contribution in [1.29, 1.82) is 15.8 Å². The number of benzene rings is 1. The van der Waals surface area contributed by atoms with Crippen LogP contribution in [-0.2, 0) is 0 Å². The molecule has 0 radical (unpaired) electrons. The molecule has 0 fully saturated rings. The molecule has 0 aromatic heterocycles. The van der Waals surface area contributed by atoms with Gasteiger partial charge in [-0.25, -0.2) is 4.39 Å². The molecule has 0 unspecified atom stereocenters. The Morgan fingerprint density at radius 1 is 1.23 bits per heavy atom. The summed E-state index contributed by atoms with van der Waals surface area (Å²) < 4.78 is 13.4. The summed E-state index contributed by atoms with van der Waals surface area (Å²) in [6, 6.07) is 12.1. The van der Waals surface area contributed by atoms with E-state index in [1.807, 2.05) is 13.0 Å². The van der Waals surface area contributed by atoms with Crippen LogP contribution in [-0.4, -0.2) is 24.5 Å². The van der Waals surface area contributed by atoms with Gasteiger partial charge in [0.15, 0.2) is 5.41 Å². The number of hydrogen-bond acceptors (Lipinski definition) is 5. The number of nitriles is 3. The van der Waals surface area contributed by atoms with E-state index < -0.39 is 11.3 Å². The van der Waals surface area contributed by atoms with Crippen molar-refractivity contribution in [3.05, 3.63) is 58.6 Å². The minimum absolute atomic E-state index is 0.00762. The lowest BCUT2D eigenvalue weighted by atomic mass is 9.58. The smallest absolute Gasteiger partial charge is 0.191 e. The molecule has 1 heterocycles. The zero-order valence-electron chi connectivity index (χ0n) is 14.4. The number of likely N-dealkylation sites (N-methyl/N-ethyl adjacent to an activating group) is 1. The van der Waals surface area contributed by atoms with Crippen LogP contribution in [0.1, 0.15) is 18.4 Å². The van der Waals surface area contributed by atoms with Gasteiger partial charge in [0.1, 0.15) is 11.9 Å². The first-order chi connectivity index (χ1) is 12.5. The first-order valence-electron chi connectivity index (χ1n) is 8.43. The van der Waals surface area contributed by atoms with E-state index in [0.717, 1.165) is 12.1 Å². The average molecular weight is 347 g/mol. The van der Waals surface area contributed by atoms with Crippen LogP contribution in [0.4, 0.5) is 4.39 Å². The molecule has 0 amide bonds. The van der Waals surface area contributed by atoms with E-state index in [4.69, 9.17) is 5.73 Å². The second-order valence-corrected chi connectivity index (χ2v) is 6.58. The summed E-state index contributed by atoms with van der Waals surface area (Å²) in [6.07, 6.45) is 1.96. The molecule has 0 saturated heterocycles. The van der Waals surface area contributed by atoms with Gasteiger partial charge in [-0.15, -0.1) is 0 Å². The zero-order valence-corrected chi connectivity index (χ0v) is 14.4. The minimum Gasteiger partial charge on any atom is -0.399 e. The van der Waals surface area contributed by atoms with Crippen molar-refractivity contribution in [3.8, 4) is 18.2 Å². The monoisotopic (exact) mass is 347 g/mol. The van der Waals surface area contributed by atoms with Crippen LogP contribution >= 0.6 is 0 Å². The van der Waals surface area contributed by atoms with Gasteiger partial charge in [-0.05, 0) is 29.8 Å². The number of nitrogens with two attached hydrogens (primary N) is 1. The van der Waals surface area contributed by atoms with Gasteiger partial charge in [-0.2, -0.15) is 15.8 Å². The van der Waals surface area contributed by atoms with E-state index in [-0.39, 0.29) is 23.0 Å². The van der Waals surface area contributed by atoms with Gasteiger partial charge in [-0.1, -0.05) is 25.1 Å². The number of halogens is 1. The summed E-state index contributed by atoms with van der Waals surface area (Å²) in [6.45, 7) is 4.13. The largest absolute Gasteiger partial charge is 0.399 e. The van der Waals surface area contributed by atoms with Gasteiger partial charge in [0.2, 0.25) is 0 Å². The molecule has 2 atom stereocenters. The summed E-state index contributed by atoms with van der Waals surface area (Å²) in [7, 11) is 0. The molecule has 1 aliphatic heterocycles. The van der Waals surface area contributed by atoms with Crippen molar-refractivity contribution >= 4 is 0 Å². The first-order valence-corrected chi connectivity index (χ1v) is 8.43. The Morgan fingerprint density at radius 2 is 1.88 bits per heavy atom. The third-order valence-corrected chi connectivity index (χ3v) is 5.42. The topological polar surface area (TPSA) is 101 Å². The maximum absolute atomic E-state index is 13.4. The molecule has 5 nitrogen and oxygen atoms in total. The molecule has 2 N–H and O–H groups in total. The molecule has 6 heteroatoms. The molecule has 0 spiro atoms. The fraction of sp³-hybridized carbons (Fsp3) is 0.350. The van der Waals surface area contributed by atoms with E-state index in [1.165, 1.54) is 12.1 Å². The maximum atomic E-state index is 13.4.